The predicted octanol–water partition coefficient (Wildman–Crippen LogP) is 1.67. The first-order chi connectivity index (χ1) is 9.09. The first kappa shape index (κ1) is 20.3. The van der Waals surface area contributed by atoms with Crippen LogP contribution in [0.2, 0.25) is 0 Å². The van der Waals surface area contributed by atoms with Gasteiger partial charge in [-0.15, -0.1) is 24.0 Å². The summed E-state index contributed by atoms with van der Waals surface area (Å²) in [5.41, 5.74) is 0. The molecule has 1 fully saturated rings. The number of ether oxygens (including phenoxy) is 2. The predicted molar refractivity (Wildman–Crippen MR) is 97.6 cm³/mol. The van der Waals surface area contributed by atoms with Crippen molar-refractivity contribution < 1.29 is 9.47 Å². The third-order valence-electron chi connectivity index (χ3n) is 2.90. The Hall–Kier alpha value is 0.270. The van der Waals surface area contributed by atoms with E-state index in [4.69, 9.17) is 9.47 Å². The minimum Gasteiger partial charge on any atom is -0.382 e. The monoisotopic (exact) mass is 417 g/mol. The molecule has 1 N–H and O–H groups in total. The SMILES string of the molecule is CN=C(NCCOCCOC)N1CCSC(C)(C)C1.I. The van der Waals surface area contributed by atoms with E-state index in [1.165, 1.54) is 0 Å². The van der Waals surface area contributed by atoms with Gasteiger partial charge in [-0.2, -0.15) is 11.8 Å². The number of methoxy groups -OCH3 is 1. The van der Waals surface area contributed by atoms with Crippen LogP contribution in [0.4, 0.5) is 0 Å². The lowest BCUT2D eigenvalue weighted by Gasteiger charge is -2.39. The highest BCUT2D eigenvalue weighted by molar-refractivity contribution is 14.0. The zero-order valence-corrected chi connectivity index (χ0v) is 16.1. The number of thioether (sulfide) groups is 1. The molecule has 120 valence electrons. The molecule has 0 radical (unpaired) electrons. The third kappa shape index (κ3) is 7.90. The molecular formula is C13H28IN3O2S. The number of aliphatic imine (C=N–C) groups is 1. The van der Waals surface area contributed by atoms with Gasteiger partial charge in [-0.3, -0.25) is 4.99 Å². The highest BCUT2D eigenvalue weighted by atomic mass is 127. The maximum absolute atomic E-state index is 5.43. The molecular weight excluding hydrogens is 389 g/mol. The quantitative estimate of drug-likeness (QED) is 0.308. The molecule has 0 aliphatic carbocycles. The van der Waals surface area contributed by atoms with Crippen LogP contribution in [0.25, 0.3) is 0 Å². The second-order valence-electron chi connectivity index (χ2n) is 5.11. The van der Waals surface area contributed by atoms with E-state index in [0.717, 1.165) is 31.3 Å². The number of hydrogen-bond acceptors (Lipinski definition) is 4. The van der Waals surface area contributed by atoms with Crippen LogP contribution in [0.15, 0.2) is 4.99 Å². The highest BCUT2D eigenvalue weighted by Crippen LogP contribution is 2.29. The second kappa shape index (κ2) is 10.9. The normalized spacial score (nSPS) is 18.6. The van der Waals surface area contributed by atoms with Crippen LogP contribution in [-0.4, -0.2) is 75.0 Å². The summed E-state index contributed by atoms with van der Waals surface area (Å²) >= 11 is 2.03. The molecule has 0 saturated carbocycles. The molecule has 0 bridgehead atoms. The Morgan fingerprint density at radius 3 is 2.70 bits per heavy atom. The Kier molecular flexibility index (Phi) is 11.1. The Morgan fingerprint density at radius 1 is 1.35 bits per heavy atom. The van der Waals surface area contributed by atoms with Crippen molar-refractivity contribution in [1.82, 2.24) is 10.2 Å². The summed E-state index contributed by atoms with van der Waals surface area (Å²) < 4.78 is 10.7. The lowest BCUT2D eigenvalue weighted by molar-refractivity contribution is 0.0731. The minimum absolute atomic E-state index is 0. The Balaban J connectivity index is 0.00000361. The van der Waals surface area contributed by atoms with Gasteiger partial charge < -0.3 is 19.7 Å². The van der Waals surface area contributed by atoms with Crippen LogP contribution in [0.3, 0.4) is 0 Å². The van der Waals surface area contributed by atoms with Crippen LogP contribution in [0, 0.1) is 0 Å². The van der Waals surface area contributed by atoms with Gasteiger partial charge in [0.05, 0.1) is 19.8 Å². The molecule has 0 aromatic heterocycles. The molecule has 0 aromatic carbocycles. The van der Waals surface area contributed by atoms with Crippen LogP contribution in [0.1, 0.15) is 13.8 Å². The second-order valence-corrected chi connectivity index (χ2v) is 6.91. The molecule has 0 atom stereocenters. The van der Waals surface area contributed by atoms with Crippen molar-refractivity contribution in [2.24, 2.45) is 4.99 Å². The Morgan fingerprint density at radius 2 is 2.10 bits per heavy atom. The molecule has 5 nitrogen and oxygen atoms in total. The van der Waals surface area contributed by atoms with Crippen LogP contribution < -0.4 is 5.32 Å². The summed E-state index contributed by atoms with van der Waals surface area (Å²) in [5.74, 6) is 2.13. The zero-order chi connectivity index (χ0) is 14.1. The van der Waals surface area contributed by atoms with Crippen molar-refractivity contribution in [3.8, 4) is 0 Å². The summed E-state index contributed by atoms with van der Waals surface area (Å²) in [6, 6.07) is 0. The van der Waals surface area contributed by atoms with Gasteiger partial charge in [0.25, 0.3) is 0 Å². The molecule has 1 saturated heterocycles. The van der Waals surface area contributed by atoms with E-state index in [1.807, 2.05) is 18.8 Å². The van der Waals surface area contributed by atoms with Gasteiger partial charge in [-0.05, 0) is 13.8 Å². The van der Waals surface area contributed by atoms with Gasteiger partial charge in [-0.1, -0.05) is 0 Å². The zero-order valence-electron chi connectivity index (χ0n) is 13.0. The van der Waals surface area contributed by atoms with Gasteiger partial charge in [0.1, 0.15) is 0 Å². The summed E-state index contributed by atoms with van der Waals surface area (Å²) in [6.45, 7) is 9.39. The van der Waals surface area contributed by atoms with Gasteiger partial charge in [0, 0.05) is 44.3 Å². The van der Waals surface area contributed by atoms with Crippen LogP contribution >= 0.6 is 35.7 Å². The minimum atomic E-state index is 0. The highest BCUT2D eigenvalue weighted by Gasteiger charge is 2.28. The number of nitrogens with zero attached hydrogens (tertiary/aromatic N) is 2. The van der Waals surface area contributed by atoms with Crippen molar-refractivity contribution in [3.05, 3.63) is 0 Å². The lowest BCUT2D eigenvalue weighted by atomic mass is 10.2. The fraction of sp³-hybridized carbons (Fsp3) is 0.923. The molecule has 1 aliphatic heterocycles. The number of rotatable bonds is 6. The molecule has 0 unspecified atom stereocenters. The maximum Gasteiger partial charge on any atom is 0.193 e. The number of guanidine groups is 1. The van der Waals surface area contributed by atoms with Crippen molar-refractivity contribution in [3.63, 3.8) is 0 Å². The van der Waals surface area contributed by atoms with Gasteiger partial charge in [0.2, 0.25) is 0 Å². The van der Waals surface area contributed by atoms with E-state index < -0.39 is 0 Å². The average molecular weight is 417 g/mol. The van der Waals surface area contributed by atoms with Crippen LogP contribution in [-0.2, 0) is 9.47 Å². The summed E-state index contributed by atoms with van der Waals surface area (Å²) in [4.78, 5) is 6.68. The molecule has 0 aromatic rings. The first-order valence-corrected chi connectivity index (χ1v) is 7.74. The van der Waals surface area contributed by atoms with Crippen molar-refractivity contribution in [2.75, 3.05) is 59.4 Å². The maximum atomic E-state index is 5.43. The Labute approximate surface area is 144 Å². The molecule has 1 rings (SSSR count). The van der Waals surface area contributed by atoms with E-state index in [0.29, 0.717) is 24.6 Å². The summed E-state index contributed by atoms with van der Waals surface area (Å²) in [6.07, 6.45) is 0. The fourth-order valence-corrected chi connectivity index (χ4v) is 3.12. The Bertz CT molecular complexity index is 291. The summed E-state index contributed by atoms with van der Waals surface area (Å²) in [7, 11) is 3.52. The topological polar surface area (TPSA) is 46.1 Å². The van der Waals surface area contributed by atoms with Gasteiger partial charge in [-0.25, -0.2) is 0 Å². The fourth-order valence-electron chi connectivity index (χ4n) is 2.01. The van der Waals surface area contributed by atoms with Gasteiger partial charge >= 0.3 is 0 Å². The molecule has 1 aliphatic rings. The third-order valence-corrected chi connectivity index (χ3v) is 4.20. The van der Waals surface area contributed by atoms with E-state index in [-0.39, 0.29) is 24.0 Å². The van der Waals surface area contributed by atoms with E-state index in [1.54, 1.807) is 7.11 Å². The number of halogens is 1. The van der Waals surface area contributed by atoms with Crippen molar-refractivity contribution >= 4 is 41.7 Å². The van der Waals surface area contributed by atoms with Crippen molar-refractivity contribution in [1.29, 1.82) is 0 Å². The average Bonchev–Trinajstić information content (AvgIpc) is 2.37. The van der Waals surface area contributed by atoms with Gasteiger partial charge in [0.15, 0.2) is 5.96 Å². The molecule has 20 heavy (non-hydrogen) atoms. The largest absolute Gasteiger partial charge is 0.382 e. The molecule has 0 amide bonds. The summed E-state index contributed by atoms with van der Waals surface area (Å²) in [5, 5.41) is 3.35. The molecule has 0 spiro atoms. The van der Waals surface area contributed by atoms with Crippen LogP contribution in [0.5, 0.6) is 0 Å². The lowest BCUT2D eigenvalue weighted by Crippen LogP contribution is -2.51. The molecule has 7 heteroatoms. The van der Waals surface area contributed by atoms with E-state index in [2.05, 4.69) is 29.1 Å². The first-order valence-electron chi connectivity index (χ1n) is 6.75. The number of nitrogens with one attached hydrogen (secondary N) is 1. The smallest absolute Gasteiger partial charge is 0.193 e. The van der Waals surface area contributed by atoms with E-state index in [9.17, 15) is 0 Å². The standard InChI is InChI=1S/C13H27N3O2S.HI/c1-13(2)11-16(6-10-19-13)12(14-3)15-5-7-18-9-8-17-4;/h5-11H2,1-4H3,(H,14,15);1H. The van der Waals surface area contributed by atoms with E-state index >= 15 is 0 Å². The van der Waals surface area contributed by atoms with Crippen molar-refractivity contribution in [2.45, 2.75) is 18.6 Å². The molecule has 1 heterocycles. The number of hydrogen-bond donors (Lipinski definition) is 1.